The van der Waals surface area contributed by atoms with Crippen molar-refractivity contribution in [3.63, 3.8) is 0 Å². The molecule has 1 aliphatic rings. The Morgan fingerprint density at radius 2 is 2.08 bits per heavy atom. The summed E-state index contributed by atoms with van der Waals surface area (Å²) in [5.74, 6) is 0.796. The summed E-state index contributed by atoms with van der Waals surface area (Å²) >= 11 is 6.03. The number of nitriles is 1. The number of urea groups is 1. The lowest BCUT2D eigenvalue weighted by atomic mass is 10.0. The molecule has 1 fully saturated rings. The van der Waals surface area contributed by atoms with Gasteiger partial charge >= 0.3 is 6.03 Å². The van der Waals surface area contributed by atoms with Crippen LogP contribution in [-0.4, -0.2) is 24.6 Å². The molecule has 1 heterocycles. The second-order valence-electron chi connectivity index (χ2n) is 5.86. The van der Waals surface area contributed by atoms with E-state index >= 15 is 0 Å². The van der Waals surface area contributed by atoms with Crippen LogP contribution >= 0.6 is 11.6 Å². The molecule has 0 saturated carbocycles. The Morgan fingerprint density at radius 3 is 2.72 bits per heavy atom. The molecule has 128 valence electrons. The number of methoxy groups -OCH3 is 1. The fraction of sp³-hybridized carbons (Fsp3) is 0.263. The molecule has 2 aromatic carbocycles. The molecule has 2 amide bonds. The van der Waals surface area contributed by atoms with Gasteiger partial charge in [0.05, 0.1) is 23.7 Å². The Labute approximate surface area is 151 Å². The van der Waals surface area contributed by atoms with Gasteiger partial charge in [0.1, 0.15) is 11.8 Å². The molecular weight excluding hydrogens is 338 g/mol. The average molecular weight is 356 g/mol. The molecular formula is C19H18ClN3O2. The fourth-order valence-electron chi connectivity index (χ4n) is 3.06. The number of nitrogens with one attached hydrogen (secondary N) is 1. The maximum absolute atomic E-state index is 12.7. The van der Waals surface area contributed by atoms with E-state index in [9.17, 15) is 4.79 Å². The summed E-state index contributed by atoms with van der Waals surface area (Å²) in [6, 6.07) is 14.6. The summed E-state index contributed by atoms with van der Waals surface area (Å²) in [5.41, 5.74) is 2.05. The summed E-state index contributed by atoms with van der Waals surface area (Å²) in [6.45, 7) is 0.701. The van der Waals surface area contributed by atoms with E-state index in [0.29, 0.717) is 22.8 Å². The number of rotatable bonds is 3. The normalized spacial score (nSPS) is 16.4. The highest BCUT2D eigenvalue weighted by Gasteiger charge is 2.30. The number of nitrogens with zero attached hydrogens (tertiary/aromatic N) is 2. The van der Waals surface area contributed by atoms with Gasteiger partial charge in [-0.2, -0.15) is 5.26 Å². The molecule has 0 aromatic heterocycles. The van der Waals surface area contributed by atoms with Crippen molar-refractivity contribution < 1.29 is 9.53 Å². The van der Waals surface area contributed by atoms with Crippen molar-refractivity contribution in [2.75, 3.05) is 19.0 Å². The van der Waals surface area contributed by atoms with Crippen molar-refractivity contribution in [3.05, 3.63) is 58.6 Å². The first-order valence-corrected chi connectivity index (χ1v) is 8.41. The second kappa shape index (κ2) is 7.45. The third-order valence-corrected chi connectivity index (χ3v) is 4.67. The van der Waals surface area contributed by atoms with Gasteiger partial charge in [-0.15, -0.1) is 0 Å². The molecule has 0 bridgehead atoms. The minimum atomic E-state index is -0.168. The Balaban J connectivity index is 1.74. The molecule has 2 aromatic rings. The zero-order valence-electron chi connectivity index (χ0n) is 13.8. The lowest BCUT2D eigenvalue weighted by Crippen LogP contribution is -2.34. The van der Waals surface area contributed by atoms with Gasteiger partial charge in [-0.25, -0.2) is 4.79 Å². The predicted molar refractivity (Wildman–Crippen MR) is 96.9 cm³/mol. The monoisotopic (exact) mass is 355 g/mol. The first kappa shape index (κ1) is 17.1. The van der Waals surface area contributed by atoms with Gasteiger partial charge in [-0.3, -0.25) is 0 Å². The van der Waals surface area contributed by atoms with Gasteiger partial charge in [-0.05, 0) is 48.7 Å². The molecule has 1 unspecified atom stereocenters. The number of hydrogen-bond donors (Lipinski definition) is 1. The first-order chi connectivity index (χ1) is 12.1. The van der Waals surface area contributed by atoms with Crippen LogP contribution in [0.4, 0.5) is 10.5 Å². The number of amides is 2. The number of anilines is 1. The summed E-state index contributed by atoms with van der Waals surface area (Å²) in [7, 11) is 1.63. The van der Waals surface area contributed by atoms with Crippen molar-refractivity contribution in [2.45, 2.75) is 18.9 Å². The first-order valence-electron chi connectivity index (χ1n) is 8.03. The largest absolute Gasteiger partial charge is 0.497 e. The fourth-order valence-corrected chi connectivity index (χ4v) is 3.28. The van der Waals surface area contributed by atoms with E-state index in [-0.39, 0.29) is 12.1 Å². The van der Waals surface area contributed by atoms with E-state index in [4.69, 9.17) is 21.6 Å². The molecule has 1 aliphatic heterocycles. The van der Waals surface area contributed by atoms with Crippen LogP contribution in [0.1, 0.15) is 30.0 Å². The quantitative estimate of drug-likeness (QED) is 0.875. The van der Waals surface area contributed by atoms with Crippen LogP contribution < -0.4 is 10.1 Å². The highest BCUT2D eigenvalue weighted by atomic mass is 35.5. The molecule has 3 rings (SSSR count). The topological polar surface area (TPSA) is 65.4 Å². The lowest BCUT2D eigenvalue weighted by Gasteiger charge is -2.25. The second-order valence-corrected chi connectivity index (χ2v) is 6.27. The third kappa shape index (κ3) is 3.70. The Kier molecular flexibility index (Phi) is 5.11. The van der Waals surface area contributed by atoms with Crippen molar-refractivity contribution in [1.82, 2.24) is 4.90 Å². The van der Waals surface area contributed by atoms with Crippen LogP contribution in [0.15, 0.2) is 42.5 Å². The van der Waals surface area contributed by atoms with E-state index in [1.165, 1.54) is 0 Å². The van der Waals surface area contributed by atoms with Crippen LogP contribution in [-0.2, 0) is 0 Å². The van der Waals surface area contributed by atoms with Crippen LogP contribution in [0.5, 0.6) is 5.75 Å². The molecule has 1 atom stereocenters. The van der Waals surface area contributed by atoms with Gasteiger partial charge in [0, 0.05) is 12.2 Å². The van der Waals surface area contributed by atoms with Gasteiger partial charge in [0.25, 0.3) is 0 Å². The predicted octanol–water partition coefficient (Wildman–Crippen LogP) is 4.59. The standard InChI is InChI=1S/C19H18ClN3O2/c1-25-16-8-5-13(6-9-16)18-3-2-10-23(18)19(24)22-15-7-4-14(12-21)17(20)11-15/h4-9,11,18H,2-3,10H2,1H3,(H,22,24). The smallest absolute Gasteiger partial charge is 0.322 e. The zero-order chi connectivity index (χ0) is 17.8. The minimum Gasteiger partial charge on any atom is -0.497 e. The Hall–Kier alpha value is -2.71. The lowest BCUT2D eigenvalue weighted by molar-refractivity contribution is 0.207. The van der Waals surface area contributed by atoms with Crippen molar-refractivity contribution in [1.29, 1.82) is 5.26 Å². The third-order valence-electron chi connectivity index (χ3n) is 4.36. The van der Waals surface area contributed by atoms with Crippen molar-refractivity contribution in [2.24, 2.45) is 0 Å². The van der Waals surface area contributed by atoms with Crippen molar-refractivity contribution in [3.8, 4) is 11.8 Å². The van der Waals surface area contributed by atoms with Crippen LogP contribution in [0.3, 0.4) is 0 Å². The van der Waals surface area contributed by atoms with Crippen LogP contribution in [0, 0.1) is 11.3 Å². The SMILES string of the molecule is COc1ccc(C2CCCN2C(=O)Nc2ccc(C#N)c(Cl)c2)cc1. The molecule has 0 spiro atoms. The number of ether oxygens (including phenoxy) is 1. The molecule has 0 radical (unpaired) electrons. The zero-order valence-corrected chi connectivity index (χ0v) is 14.6. The minimum absolute atomic E-state index is 0.0414. The number of carbonyl (C=O) groups excluding carboxylic acids is 1. The number of carbonyl (C=O) groups is 1. The summed E-state index contributed by atoms with van der Waals surface area (Å²) in [5, 5.41) is 12.1. The summed E-state index contributed by atoms with van der Waals surface area (Å²) < 4.78 is 5.19. The van der Waals surface area contributed by atoms with E-state index in [0.717, 1.165) is 24.2 Å². The molecule has 25 heavy (non-hydrogen) atoms. The Bertz CT molecular complexity index is 814. The van der Waals surface area contributed by atoms with E-state index in [2.05, 4.69) is 5.32 Å². The molecule has 1 saturated heterocycles. The maximum Gasteiger partial charge on any atom is 0.322 e. The van der Waals surface area contributed by atoms with Crippen molar-refractivity contribution >= 4 is 23.3 Å². The molecule has 1 N–H and O–H groups in total. The number of likely N-dealkylation sites (tertiary alicyclic amines) is 1. The molecule has 0 aliphatic carbocycles. The number of hydrogen-bond acceptors (Lipinski definition) is 3. The molecule has 6 heteroatoms. The van der Waals surface area contributed by atoms with Gasteiger partial charge < -0.3 is 15.0 Å². The van der Waals surface area contributed by atoms with Gasteiger partial charge in [0.2, 0.25) is 0 Å². The van der Waals surface area contributed by atoms with Gasteiger partial charge in [0.15, 0.2) is 0 Å². The maximum atomic E-state index is 12.7. The van der Waals surface area contributed by atoms with Gasteiger partial charge in [-0.1, -0.05) is 23.7 Å². The van der Waals surface area contributed by atoms with Crippen LogP contribution in [0.2, 0.25) is 5.02 Å². The number of halogens is 1. The Morgan fingerprint density at radius 1 is 1.32 bits per heavy atom. The average Bonchev–Trinajstić information content (AvgIpc) is 3.12. The summed E-state index contributed by atoms with van der Waals surface area (Å²) in [6.07, 6.45) is 1.88. The molecule has 5 nitrogen and oxygen atoms in total. The van der Waals surface area contributed by atoms with Crippen LogP contribution in [0.25, 0.3) is 0 Å². The summed E-state index contributed by atoms with van der Waals surface area (Å²) in [4.78, 5) is 14.5. The van der Waals surface area contributed by atoms with E-state index in [1.54, 1.807) is 25.3 Å². The highest BCUT2D eigenvalue weighted by molar-refractivity contribution is 6.32. The van der Waals surface area contributed by atoms with E-state index in [1.807, 2.05) is 35.2 Å². The number of benzene rings is 2. The van der Waals surface area contributed by atoms with E-state index < -0.39 is 0 Å². The highest BCUT2D eigenvalue weighted by Crippen LogP contribution is 2.33.